The minimum Gasteiger partial charge on any atom is -0.353 e. The van der Waals surface area contributed by atoms with Crippen LogP contribution in [0, 0.1) is 0 Å². The third-order valence-electron chi connectivity index (χ3n) is 7.58. The number of benzene rings is 1. The van der Waals surface area contributed by atoms with Crippen LogP contribution in [0.3, 0.4) is 0 Å². The predicted molar refractivity (Wildman–Crippen MR) is 156 cm³/mol. The standard InChI is InChI=1S/C29H32N8O2S/c1-34-26(19-23(33-34)21-7-3-2-4-8-21)32-27(38)24-20-40-28(31-24)22-10-13-36(14-11-22)29(39)37-17-15-35(16-18-37)25-9-5-6-12-30-25/h2-9,12,19-20,22H,10-11,13-18H2,1H3,(H,32,38). The maximum atomic E-state index is 13.2. The van der Waals surface area contributed by atoms with E-state index >= 15 is 0 Å². The van der Waals surface area contributed by atoms with Gasteiger partial charge in [0.05, 0.1) is 10.7 Å². The second-order valence-corrected chi connectivity index (χ2v) is 11.0. The van der Waals surface area contributed by atoms with E-state index in [0.717, 1.165) is 48.0 Å². The van der Waals surface area contributed by atoms with E-state index in [1.165, 1.54) is 11.3 Å². The van der Waals surface area contributed by atoms with Crippen molar-refractivity contribution in [1.82, 2.24) is 29.5 Å². The van der Waals surface area contributed by atoms with Crippen LogP contribution >= 0.6 is 11.3 Å². The van der Waals surface area contributed by atoms with Gasteiger partial charge in [0.25, 0.3) is 5.91 Å². The van der Waals surface area contributed by atoms with E-state index in [0.29, 0.717) is 37.7 Å². The summed E-state index contributed by atoms with van der Waals surface area (Å²) in [5.41, 5.74) is 2.20. The molecule has 40 heavy (non-hydrogen) atoms. The molecule has 1 aromatic carbocycles. The van der Waals surface area contributed by atoms with E-state index in [-0.39, 0.29) is 17.9 Å². The molecule has 1 N–H and O–H groups in total. The molecule has 0 unspecified atom stereocenters. The molecule has 3 amide bonds. The molecule has 0 saturated carbocycles. The number of aromatic nitrogens is 4. The number of pyridine rings is 1. The number of likely N-dealkylation sites (tertiary alicyclic amines) is 1. The van der Waals surface area contributed by atoms with Crippen molar-refractivity contribution in [1.29, 1.82) is 0 Å². The van der Waals surface area contributed by atoms with Gasteiger partial charge in [-0.05, 0) is 25.0 Å². The van der Waals surface area contributed by atoms with Gasteiger partial charge in [-0.25, -0.2) is 14.8 Å². The summed E-state index contributed by atoms with van der Waals surface area (Å²) in [6.07, 6.45) is 3.49. The molecule has 5 heterocycles. The number of thiazole rings is 1. The Balaban J connectivity index is 1.00. The molecule has 206 valence electrons. The van der Waals surface area contributed by atoms with E-state index in [1.54, 1.807) is 10.9 Å². The minimum absolute atomic E-state index is 0.115. The molecule has 6 rings (SSSR count). The van der Waals surface area contributed by atoms with Crippen molar-refractivity contribution in [3.8, 4) is 11.3 Å². The van der Waals surface area contributed by atoms with Crippen LogP contribution in [0.2, 0.25) is 0 Å². The first-order valence-electron chi connectivity index (χ1n) is 13.6. The highest BCUT2D eigenvalue weighted by molar-refractivity contribution is 7.10. The Labute approximate surface area is 237 Å². The molecule has 2 aliphatic rings. The minimum atomic E-state index is -0.248. The van der Waals surface area contributed by atoms with Gasteiger partial charge in [0.15, 0.2) is 0 Å². The Bertz CT molecular complexity index is 1460. The summed E-state index contributed by atoms with van der Waals surface area (Å²) in [5, 5.41) is 10.2. The maximum absolute atomic E-state index is 13.2. The number of anilines is 2. The molecule has 0 radical (unpaired) electrons. The number of hydrogen-bond acceptors (Lipinski definition) is 7. The normalized spacial score (nSPS) is 16.3. The van der Waals surface area contributed by atoms with Crippen molar-refractivity contribution >= 4 is 34.9 Å². The Kier molecular flexibility index (Phi) is 7.45. The van der Waals surface area contributed by atoms with Gasteiger partial charge in [-0.2, -0.15) is 5.10 Å². The van der Waals surface area contributed by atoms with Gasteiger partial charge in [-0.3, -0.25) is 9.48 Å². The molecule has 11 heteroatoms. The van der Waals surface area contributed by atoms with Gasteiger partial charge >= 0.3 is 6.03 Å². The third kappa shape index (κ3) is 5.55. The van der Waals surface area contributed by atoms with E-state index in [1.807, 2.05) is 76.8 Å². The molecule has 2 fully saturated rings. The van der Waals surface area contributed by atoms with Crippen LogP contribution in [0.5, 0.6) is 0 Å². The Hall–Kier alpha value is -4.25. The molecule has 0 spiro atoms. The van der Waals surface area contributed by atoms with E-state index < -0.39 is 0 Å². The number of carbonyl (C=O) groups excluding carboxylic acids is 2. The van der Waals surface area contributed by atoms with Crippen molar-refractivity contribution in [2.75, 3.05) is 49.5 Å². The average molecular weight is 557 g/mol. The second kappa shape index (κ2) is 11.5. The Morgan fingerprint density at radius 2 is 1.65 bits per heavy atom. The smallest absolute Gasteiger partial charge is 0.320 e. The molecule has 0 aliphatic carbocycles. The number of piperidine rings is 1. The molecular formula is C29H32N8O2S. The molecule has 0 atom stereocenters. The van der Waals surface area contributed by atoms with Crippen LogP contribution in [0.15, 0.2) is 66.2 Å². The van der Waals surface area contributed by atoms with Crippen molar-refractivity contribution in [3.05, 3.63) is 76.9 Å². The van der Waals surface area contributed by atoms with Gasteiger partial charge in [0, 0.05) is 75.4 Å². The zero-order chi connectivity index (χ0) is 27.5. The van der Waals surface area contributed by atoms with Crippen LogP contribution in [-0.2, 0) is 7.05 Å². The molecule has 0 bridgehead atoms. The lowest BCUT2D eigenvalue weighted by molar-refractivity contribution is 0.102. The Morgan fingerprint density at radius 3 is 2.38 bits per heavy atom. The monoisotopic (exact) mass is 556 g/mol. The lowest BCUT2D eigenvalue weighted by Crippen LogP contribution is -2.54. The summed E-state index contributed by atoms with van der Waals surface area (Å²) >= 11 is 1.52. The number of urea groups is 1. The highest BCUT2D eigenvalue weighted by atomic mass is 32.1. The van der Waals surface area contributed by atoms with Crippen LogP contribution < -0.4 is 10.2 Å². The van der Waals surface area contributed by atoms with Crippen LogP contribution in [0.4, 0.5) is 16.4 Å². The highest BCUT2D eigenvalue weighted by Gasteiger charge is 2.30. The summed E-state index contributed by atoms with van der Waals surface area (Å²) in [6.45, 7) is 4.36. The predicted octanol–water partition coefficient (Wildman–Crippen LogP) is 4.31. The van der Waals surface area contributed by atoms with Crippen LogP contribution in [0.25, 0.3) is 11.3 Å². The van der Waals surface area contributed by atoms with Gasteiger partial charge < -0.3 is 20.0 Å². The molecule has 3 aromatic heterocycles. The highest BCUT2D eigenvalue weighted by Crippen LogP contribution is 2.31. The van der Waals surface area contributed by atoms with Gasteiger partial charge in [0.2, 0.25) is 0 Å². The van der Waals surface area contributed by atoms with Crippen molar-refractivity contribution in [3.63, 3.8) is 0 Å². The summed E-state index contributed by atoms with van der Waals surface area (Å²) in [4.78, 5) is 41.4. The second-order valence-electron chi connectivity index (χ2n) is 10.1. The zero-order valence-electron chi connectivity index (χ0n) is 22.4. The first-order valence-corrected chi connectivity index (χ1v) is 14.5. The topological polar surface area (TPSA) is 99.5 Å². The number of amides is 3. The molecule has 2 aliphatic heterocycles. The van der Waals surface area contributed by atoms with Crippen LogP contribution in [-0.4, -0.2) is 80.8 Å². The largest absolute Gasteiger partial charge is 0.353 e. The van der Waals surface area contributed by atoms with Crippen molar-refractivity contribution in [2.45, 2.75) is 18.8 Å². The lowest BCUT2D eigenvalue weighted by Gasteiger charge is -2.39. The van der Waals surface area contributed by atoms with Gasteiger partial charge in [-0.1, -0.05) is 36.4 Å². The van der Waals surface area contributed by atoms with Crippen molar-refractivity contribution in [2.24, 2.45) is 7.05 Å². The van der Waals surface area contributed by atoms with E-state index in [2.05, 4.69) is 25.3 Å². The number of nitrogens with zero attached hydrogens (tertiary/aromatic N) is 7. The van der Waals surface area contributed by atoms with Crippen LogP contribution in [0.1, 0.15) is 34.3 Å². The average Bonchev–Trinajstić information content (AvgIpc) is 3.65. The molecule has 4 aromatic rings. The molecule has 2 saturated heterocycles. The van der Waals surface area contributed by atoms with Gasteiger partial charge in [0.1, 0.15) is 17.3 Å². The SMILES string of the molecule is Cn1nc(-c2ccccc2)cc1NC(=O)c1csc(C2CCN(C(=O)N3CCN(c4ccccn4)CC3)CC2)n1. The number of nitrogens with one attached hydrogen (secondary N) is 1. The quantitative estimate of drug-likeness (QED) is 0.393. The maximum Gasteiger partial charge on any atom is 0.320 e. The van der Waals surface area contributed by atoms with Crippen molar-refractivity contribution < 1.29 is 9.59 Å². The summed E-state index contributed by atoms with van der Waals surface area (Å²) in [5.74, 6) is 1.58. The fraction of sp³-hybridized carbons (Fsp3) is 0.345. The number of aryl methyl sites for hydroxylation is 1. The molecular weight excluding hydrogens is 524 g/mol. The fourth-order valence-corrected chi connectivity index (χ4v) is 6.25. The lowest BCUT2D eigenvalue weighted by atomic mass is 9.98. The first kappa shape index (κ1) is 26.0. The van der Waals surface area contributed by atoms with Gasteiger partial charge in [-0.15, -0.1) is 11.3 Å². The van der Waals surface area contributed by atoms with E-state index in [9.17, 15) is 9.59 Å². The summed E-state index contributed by atoms with van der Waals surface area (Å²) < 4.78 is 1.67. The number of carbonyl (C=O) groups is 2. The number of rotatable bonds is 5. The zero-order valence-corrected chi connectivity index (χ0v) is 23.3. The fourth-order valence-electron chi connectivity index (χ4n) is 5.28. The van der Waals surface area contributed by atoms with E-state index in [4.69, 9.17) is 0 Å². The summed E-state index contributed by atoms with van der Waals surface area (Å²) in [7, 11) is 1.81. The third-order valence-corrected chi connectivity index (χ3v) is 8.59. The first-order chi connectivity index (χ1) is 19.5. The number of piperazine rings is 1. The Morgan fingerprint density at radius 1 is 0.925 bits per heavy atom. The molecule has 10 nitrogen and oxygen atoms in total. The number of hydrogen-bond donors (Lipinski definition) is 1. The summed E-state index contributed by atoms with van der Waals surface area (Å²) in [6, 6.07) is 17.8.